The lowest BCUT2D eigenvalue weighted by Gasteiger charge is -2.05. The van der Waals surface area contributed by atoms with Crippen LogP contribution in [0.15, 0.2) is 64.8 Å². The minimum atomic E-state index is 0.553. The van der Waals surface area contributed by atoms with Crippen LogP contribution < -0.4 is 10.9 Å². The van der Waals surface area contributed by atoms with Gasteiger partial charge in [0.25, 0.3) is 0 Å². The van der Waals surface area contributed by atoms with Crippen LogP contribution in [0, 0.1) is 6.92 Å². The fourth-order valence-electron chi connectivity index (χ4n) is 2.13. The molecule has 0 saturated heterocycles. The van der Waals surface area contributed by atoms with E-state index in [2.05, 4.69) is 31.0 Å². The number of halogens is 2. The SMILES string of the molecule is Cc1nc(N/N=C/c2ccc(Cl)cc2)cc(N/N=C/c2ccc(Cl)cc2)n1. The van der Waals surface area contributed by atoms with Gasteiger partial charge in [0.05, 0.1) is 12.4 Å². The lowest BCUT2D eigenvalue weighted by atomic mass is 10.2. The maximum atomic E-state index is 5.86. The van der Waals surface area contributed by atoms with Crippen molar-refractivity contribution in [2.45, 2.75) is 6.92 Å². The molecule has 3 aromatic rings. The van der Waals surface area contributed by atoms with Gasteiger partial charge in [0.15, 0.2) is 11.6 Å². The Hall–Kier alpha value is -2.96. The summed E-state index contributed by atoms with van der Waals surface area (Å²) >= 11 is 11.7. The van der Waals surface area contributed by atoms with E-state index in [1.165, 1.54) is 0 Å². The van der Waals surface area contributed by atoms with Gasteiger partial charge in [0.2, 0.25) is 0 Å². The smallest absolute Gasteiger partial charge is 0.152 e. The highest BCUT2D eigenvalue weighted by molar-refractivity contribution is 6.30. The van der Waals surface area contributed by atoms with E-state index in [0.717, 1.165) is 11.1 Å². The summed E-state index contributed by atoms with van der Waals surface area (Å²) in [4.78, 5) is 8.58. The summed E-state index contributed by atoms with van der Waals surface area (Å²) in [5.41, 5.74) is 7.60. The number of nitrogens with zero attached hydrogens (tertiary/aromatic N) is 4. The Morgan fingerprint density at radius 2 is 1.15 bits per heavy atom. The van der Waals surface area contributed by atoms with E-state index in [1.54, 1.807) is 49.7 Å². The van der Waals surface area contributed by atoms with Gasteiger partial charge < -0.3 is 0 Å². The number of hydrogen-bond acceptors (Lipinski definition) is 6. The van der Waals surface area contributed by atoms with E-state index >= 15 is 0 Å². The van der Waals surface area contributed by atoms with E-state index in [4.69, 9.17) is 23.2 Å². The Kier molecular flexibility index (Phi) is 6.35. The van der Waals surface area contributed by atoms with E-state index in [1.807, 2.05) is 24.3 Å². The summed E-state index contributed by atoms with van der Waals surface area (Å²) < 4.78 is 0. The molecule has 0 unspecified atom stereocenters. The summed E-state index contributed by atoms with van der Waals surface area (Å²) in [6, 6.07) is 16.4. The third-order valence-electron chi connectivity index (χ3n) is 3.36. The van der Waals surface area contributed by atoms with Gasteiger partial charge in [-0.25, -0.2) is 9.97 Å². The van der Waals surface area contributed by atoms with Crippen LogP contribution >= 0.6 is 23.2 Å². The van der Waals surface area contributed by atoms with Crippen LogP contribution in [0.25, 0.3) is 0 Å². The van der Waals surface area contributed by atoms with Crippen molar-refractivity contribution < 1.29 is 0 Å². The van der Waals surface area contributed by atoms with Crippen LogP contribution in [-0.4, -0.2) is 22.4 Å². The summed E-state index contributed by atoms with van der Waals surface area (Å²) in [7, 11) is 0. The third kappa shape index (κ3) is 6.06. The molecule has 27 heavy (non-hydrogen) atoms. The fraction of sp³-hybridized carbons (Fsp3) is 0.0526. The topological polar surface area (TPSA) is 74.6 Å². The maximum absolute atomic E-state index is 5.86. The van der Waals surface area contributed by atoms with Gasteiger partial charge >= 0.3 is 0 Å². The first-order valence-corrected chi connectivity index (χ1v) is 8.79. The molecule has 2 N–H and O–H groups in total. The lowest BCUT2D eigenvalue weighted by Crippen LogP contribution is -2.01. The zero-order valence-electron chi connectivity index (χ0n) is 14.4. The molecule has 2 aromatic carbocycles. The molecule has 0 atom stereocenters. The van der Waals surface area contributed by atoms with Crippen molar-refractivity contribution in [1.29, 1.82) is 0 Å². The zero-order chi connectivity index (χ0) is 19.1. The first-order valence-electron chi connectivity index (χ1n) is 8.03. The molecular weight excluding hydrogens is 383 g/mol. The molecule has 1 aromatic heterocycles. The second-order valence-corrected chi connectivity index (χ2v) is 6.40. The molecule has 8 heteroatoms. The third-order valence-corrected chi connectivity index (χ3v) is 3.87. The van der Waals surface area contributed by atoms with Gasteiger partial charge in [-0.2, -0.15) is 10.2 Å². The Balaban J connectivity index is 1.63. The number of anilines is 2. The number of nitrogens with one attached hydrogen (secondary N) is 2. The van der Waals surface area contributed by atoms with Crippen molar-refractivity contribution in [3.05, 3.63) is 81.6 Å². The average molecular weight is 399 g/mol. The van der Waals surface area contributed by atoms with Crippen molar-refractivity contribution in [3.8, 4) is 0 Å². The standard InChI is InChI=1S/C19H16Cl2N6/c1-13-24-18(26-22-11-14-2-6-16(20)7-3-14)10-19(25-13)27-23-12-15-4-8-17(21)9-5-15/h2-12H,1H3,(H2,24,25,26,27)/b22-11+,23-12+. The Labute approximate surface area is 167 Å². The van der Waals surface area contributed by atoms with Crippen molar-refractivity contribution in [2.75, 3.05) is 10.9 Å². The highest BCUT2D eigenvalue weighted by Gasteiger charge is 2.00. The van der Waals surface area contributed by atoms with Gasteiger partial charge in [-0.05, 0) is 42.3 Å². The van der Waals surface area contributed by atoms with E-state index in [-0.39, 0.29) is 0 Å². The van der Waals surface area contributed by atoms with Crippen LogP contribution in [0.3, 0.4) is 0 Å². The summed E-state index contributed by atoms with van der Waals surface area (Å²) in [6.45, 7) is 1.79. The highest BCUT2D eigenvalue weighted by Crippen LogP contribution is 2.12. The number of rotatable bonds is 6. The minimum Gasteiger partial charge on any atom is -0.261 e. The number of hydrogen-bond donors (Lipinski definition) is 2. The number of benzene rings is 2. The van der Waals surface area contributed by atoms with Gasteiger partial charge in [-0.1, -0.05) is 47.5 Å². The van der Waals surface area contributed by atoms with Crippen molar-refractivity contribution in [2.24, 2.45) is 10.2 Å². The second-order valence-electron chi connectivity index (χ2n) is 5.53. The quantitative estimate of drug-likeness (QED) is 0.453. The molecular formula is C19H16Cl2N6. The van der Waals surface area contributed by atoms with Crippen molar-refractivity contribution >= 4 is 47.3 Å². The Morgan fingerprint density at radius 3 is 1.56 bits per heavy atom. The van der Waals surface area contributed by atoms with Crippen LogP contribution in [0.5, 0.6) is 0 Å². The van der Waals surface area contributed by atoms with Gasteiger partial charge in [-0.3, -0.25) is 10.9 Å². The number of hydrazone groups is 2. The number of aromatic nitrogens is 2. The monoisotopic (exact) mass is 398 g/mol. The molecule has 6 nitrogen and oxygen atoms in total. The first-order chi connectivity index (χ1) is 13.1. The van der Waals surface area contributed by atoms with E-state index < -0.39 is 0 Å². The van der Waals surface area contributed by atoms with Crippen LogP contribution in [0.2, 0.25) is 10.0 Å². The summed E-state index contributed by atoms with van der Waals surface area (Å²) in [6.07, 6.45) is 3.36. The molecule has 0 spiro atoms. The molecule has 0 fully saturated rings. The van der Waals surface area contributed by atoms with Gasteiger partial charge in [0.1, 0.15) is 5.82 Å². The molecule has 0 amide bonds. The van der Waals surface area contributed by atoms with Crippen molar-refractivity contribution in [3.63, 3.8) is 0 Å². The summed E-state index contributed by atoms with van der Waals surface area (Å²) in [5, 5.41) is 9.71. The van der Waals surface area contributed by atoms with E-state index in [0.29, 0.717) is 27.5 Å². The predicted octanol–water partition coefficient (Wildman–Crippen LogP) is 4.98. The highest BCUT2D eigenvalue weighted by atomic mass is 35.5. The fourth-order valence-corrected chi connectivity index (χ4v) is 2.38. The molecule has 0 aliphatic heterocycles. The molecule has 0 bridgehead atoms. The zero-order valence-corrected chi connectivity index (χ0v) is 15.9. The van der Waals surface area contributed by atoms with Crippen molar-refractivity contribution in [1.82, 2.24) is 9.97 Å². The van der Waals surface area contributed by atoms with Gasteiger partial charge in [-0.15, -0.1) is 0 Å². The molecule has 0 saturated carbocycles. The summed E-state index contributed by atoms with van der Waals surface area (Å²) in [5.74, 6) is 1.69. The van der Waals surface area contributed by atoms with Gasteiger partial charge in [0, 0.05) is 16.1 Å². The molecule has 0 aliphatic carbocycles. The maximum Gasteiger partial charge on any atom is 0.152 e. The Morgan fingerprint density at radius 1 is 0.741 bits per heavy atom. The number of aryl methyl sites for hydroxylation is 1. The van der Waals surface area contributed by atoms with E-state index in [9.17, 15) is 0 Å². The lowest BCUT2D eigenvalue weighted by molar-refractivity contribution is 1.04. The molecule has 3 rings (SSSR count). The largest absolute Gasteiger partial charge is 0.261 e. The molecule has 0 radical (unpaired) electrons. The predicted molar refractivity (Wildman–Crippen MR) is 112 cm³/mol. The minimum absolute atomic E-state index is 0.553. The van der Waals surface area contributed by atoms with Crippen LogP contribution in [-0.2, 0) is 0 Å². The normalized spacial score (nSPS) is 11.2. The second kappa shape index (κ2) is 9.12. The van der Waals surface area contributed by atoms with Crippen LogP contribution in [0.4, 0.5) is 11.6 Å². The average Bonchev–Trinajstić information content (AvgIpc) is 2.65. The molecule has 0 aliphatic rings. The molecule has 1 heterocycles. The van der Waals surface area contributed by atoms with Crippen LogP contribution in [0.1, 0.15) is 17.0 Å². The first kappa shape index (κ1) is 18.8. The molecule has 136 valence electrons. The Bertz CT molecular complexity index is 877.